The van der Waals surface area contributed by atoms with Crippen LogP contribution >= 0.6 is 0 Å². The first-order valence-corrected chi connectivity index (χ1v) is 11.0. The fourth-order valence-corrected chi connectivity index (χ4v) is 4.40. The van der Waals surface area contributed by atoms with Crippen LogP contribution in [0.4, 0.5) is 0 Å². The molecule has 183 valence electrons. The fourth-order valence-electron chi connectivity index (χ4n) is 4.40. The minimum atomic E-state index is 0. The Morgan fingerprint density at radius 1 is 0.441 bits per heavy atom. The van der Waals surface area contributed by atoms with Crippen molar-refractivity contribution in [2.45, 2.75) is 38.9 Å². The van der Waals surface area contributed by atoms with Crippen molar-refractivity contribution in [3.05, 3.63) is 108 Å². The van der Waals surface area contributed by atoms with Crippen LogP contribution in [0.25, 0.3) is 0 Å². The van der Waals surface area contributed by atoms with E-state index in [2.05, 4.69) is 126 Å². The molecular weight excluding hydrogens is 525 g/mol. The molecule has 1 saturated heterocycles. The summed E-state index contributed by atoms with van der Waals surface area (Å²) in [4.78, 5) is 7.78. The molecule has 0 amide bonds. The van der Waals surface area contributed by atoms with Gasteiger partial charge >= 0.3 is 17.4 Å². The monoisotopic (exact) mass is 556 g/mol. The van der Waals surface area contributed by atoms with Gasteiger partial charge in [-0.25, -0.2) is 0 Å². The molecule has 1 radical (unpaired) electrons. The Kier molecular flexibility index (Phi) is 15.3. The van der Waals surface area contributed by atoms with E-state index in [1.165, 1.54) is 16.7 Å². The van der Waals surface area contributed by atoms with Crippen molar-refractivity contribution in [2.75, 3.05) is 20.0 Å². The molecule has 0 saturated carbocycles. The summed E-state index contributed by atoms with van der Waals surface area (Å²) >= 11 is 0. The van der Waals surface area contributed by atoms with E-state index in [0.29, 0.717) is 18.1 Å². The van der Waals surface area contributed by atoms with Crippen LogP contribution in [-0.4, -0.2) is 34.7 Å². The summed E-state index contributed by atoms with van der Waals surface area (Å²) in [7, 11) is 0. The van der Waals surface area contributed by atoms with Crippen LogP contribution < -0.4 is 37.2 Å². The fraction of sp³-hybridized carbons (Fsp3) is 0.333. The average molecular weight is 558 g/mol. The van der Waals surface area contributed by atoms with Gasteiger partial charge in [-0.05, 0) is 37.5 Å². The van der Waals surface area contributed by atoms with Gasteiger partial charge in [-0.15, -0.1) is 0 Å². The predicted molar refractivity (Wildman–Crippen MR) is 125 cm³/mol. The van der Waals surface area contributed by atoms with Gasteiger partial charge in [-0.1, -0.05) is 91.0 Å². The first-order valence-electron chi connectivity index (χ1n) is 11.0. The molecule has 0 N–H and O–H groups in total. The SMILES string of the molecule is CC(c1ccccc1)N1CN(C(C)c2ccccc2)CN(C(C)c2ccccc2)C1.[Cl-].[Cl-].[Cl-].[Cr+3]. The number of halogens is 3. The van der Waals surface area contributed by atoms with Gasteiger partial charge in [0.05, 0.1) is 20.0 Å². The molecule has 1 aliphatic heterocycles. The van der Waals surface area contributed by atoms with Crippen molar-refractivity contribution >= 4 is 0 Å². The minimum absolute atomic E-state index is 0. The molecule has 3 atom stereocenters. The summed E-state index contributed by atoms with van der Waals surface area (Å²) in [6, 6.07) is 33.7. The summed E-state index contributed by atoms with van der Waals surface area (Å²) < 4.78 is 0. The van der Waals surface area contributed by atoms with Gasteiger partial charge in [0.2, 0.25) is 0 Å². The second-order valence-electron chi connectivity index (χ2n) is 8.45. The van der Waals surface area contributed by atoms with E-state index in [1.807, 2.05) is 0 Å². The van der Waals surface area contributed by atoms with E-state index in [9.17, 15) is 0 Å². The zero-order valence-corrected chi connectivity index (χ0v) is 23.4. The Labute approximate surface area is 234 Å². The predicted octanol–water partition coefficient (Wildman–Crippen LogP) is -2.93. The number of rotatable bonds is 6. The molecule has 0 aliphatic carbocycles. The molecule has 0 aromatic heterocycles. The molecular formula is C27H33Cl3CrN3. The average Bonchev–Trinajstić information content (AvgIpc) is 2.84. The van der Waals surface area contributed by atoms with E-state index >= 15 is 0 Å². The summed E-state index contributed by atoms with van der Waals surface area (Å²) in [5.41, 5.74) is 4.12. The van der Waals surface area contributed by atoms with Crippen LogP contribution in [0.2, 0.25) is 0 Å². The minimum Gasteiger partial charge on any atom is -1.00 e. The zero-order valence-electron chi connectivity index (χ0n) is 19.9. The molecule has 7 heteroatoms. The molecule has 1 heterocycles. The van der Waals surface area contributed by atoms with Crippen molar-refractivity contribution in [2.24, 2.45) is 0 Å². The standard InChI is InChI=1S/C27H33N3.3ClH.Cr/c1-22(25-13-7-4-8-14-25)28-19-29(23(2)26-15-9-5-10-16-26)21-30(20-28)24(3)27-17-11-6-12-18-27;;;;/h4-18,22-24H,19-21H2,1-3H3;3*1H;/q;;;;+3/p-3. The van der Waals surface area contributed by atoms with Crippen LogP contribution in [0.15, 0.2) is 91.0 Å². The molecule has 3 nitrogen and oxygen atoms in total. The van der Waals surface area contributed by atoms with Crippen molar-refractivity contribution in [1.82, 2.24) is 14.7 Å². The number of nitrogens with zero attached hydrogens (tertiary/aromatic N) is 3. The van der Waals surface area contributed by atoms with E-state index in [-0.39, 0.29) is 54.6 Å². The largest absolute Gasteiger partial charge is 3.00 e. The van der Waals surface area contributed by atoms with Gasteiger partial charge in [-0.3, -0.25) is 14.7 Å². The Morgan fingerprint density at radius 2 is 0.647 bits per heavy atom. The molecule has 0 bridgehead atoms. The second-order valence-corrected chi connectivity index (χ2v) is 8.45. The normalized spacial score (nSPS) is 17.0. The Morgan fingerprint density at radius 3 is 0.853 bits per heavy atom. The molecule has 3 aromatic rings. The van der Waals surface area contributed by atoms with Gasteiger partial charge in [-0.2, -0.15) is 0 Å². The third kappa shape index (κ3) is 7.98. The number of hydrogen-bond acceptors (Lipinski definition) is 3. The van der Waals surface area contributed by atoms with Crippen molar-refractivity contribution in [3.63, 3.8) is 0 Å². The first kappa shape index (κ1) is 32.9. The van der Waals surface area contributed by atoms with Crippen molar-refractivity contribution in [3.8, 4) is 0 Å². The molecule has 0 spiro atoms. The maximum atomic E-state index is 2.59. The van der Waals surface area contributed by atoms with Gasteiger partial charge < -0.3 is 37.2 Å². The summed E-state index contributed by atoms with van der Waals surface area (Å²) in [6.07, 6.45) is 0. The van der Waals surface area contributed by atoms with E-state index in [0.717, 1.165) is 20.0 Å². The first-order chi connectivity index (χ1) is 14.6. The van der Waals surface area contributed by atoms with Gasteiger partial charge in [0.15, 0.2) is 0 Å². The summed E-state index contributed by atoms with van der Waals surface area (Å²) in [6.45, 7) is 9.88. The zero-order chi connectivity index (χ0) is 20.9. The van der Waals surface area contributed by atoms with Crippen LogP contribution in [-0.2, 0) is 17.4 Å². The van der Waals surface area contributed by atoms with Gasteiger partial charge in [0.25, 0.3) is 0 Å². The van der Waals surface area contributed by atoms with Gasteiger partial charge in [0.1, 0.15) is 0 Å². The number of benzene rings is 3. The third-order valence-electron chi connectivity index (χ3n) is 6.58. The van der Waals surface area contributed by atoms with Crippen molar-refractivity contribution in [1.29, 1.82) is 0 Å². The smallest absolute Gasteiger partial charge is 1.00 e. The topological polar surface area (TPSA) is 9.72 Å². The third-order valence-corrected chi connectivity index (χ3v) is 6.58. The van der Waals surface area contributed by atoms with Crippen molar-refractivity contribution < 1.29 is 54.6 Å². The molecule has 3 aromatic carbocycles. The molecule has 34 heavy (non-hydrogen) atoms. The molecule has 4 rings (SSSR count). The maximum absolute atomic E-state index is 2.59. The Hall–Kier alpha value is -1.06. The van der Waals surface area contributed by atoms with Crippen LogP contribution in [0.1, 0.15) is 55.6 Å². The molecule has 3 unspecified atom stereocenters. The summed E-state index contributed by atoms with van der Waals surface area (Å²) in [5.74, 6) is 0. The second kappa shape index (κ2) is 15.8. The van der Waals surface area contributed by atoms with E-state index in [4.69, 9.17) is 0 Å². The van der Waals surface area contributed by atoms with Crippen LogP contribution in [0, 0.1) is 0 Å². The maximum Gasteiger partial charge on any atom is 3.00 e. The van der Waals surface area contributed by atoms with Crippen LogP contribution in [0.3, 0.4) is 0 Å². The number of hydrogen-bond donors (Lipinski definition) is 0. The Balaban J connectivity index is 0.00000272. The van der Waals surface area contributed by atoms with E-state index in [1.54, 1.807) is 0 Å². The quantitative estimate of drug-likeness (QED) is 0.322. The Bertz CT molecular complexity index is 790. The van der Waals surface area contributed by atoms with E-state index < -0.39 is 0 Å². The molecule has 1 fully saturated rings. The van der Waals surface area contributed by atoms with Gasteiger partial charge in [0, 0.05) is 18.1 Å². The van der Waals surface area contributed by atoms with Crippen LogP contribution in [0.5, 0.6) is 0 Å². The summed E-state index contributed by atoms with van der Waals surface area (Å²) in [5, 5.41) is 0. The molecule has 1 aliphatic rings.